The van der Waals surface area contributed by atoms with Crippen molar-refractivity contribution in [1.29, 1.82) is 0 Å². The van der Waals surface area contributed by atoms with E-state index in [4.69, 9.17) is 0 Å². The third-order valence-corrected chi connectivity index (χ3v) is 6.85. The predicted octanol–water partition coefficient (Wildman–Crippen LogP) is 1.26. The minimum absolute atomic E-state index is 0.0972. The smallest absolute Gasteiger partial charge is 0.227 e. The van der Waals surface area contributed by atoms with E-state index in [1.54, 1.807) is 0 Å². The number of sulfone groups is 2. The predicted molar refractivity (Wildman–Crippen MR) is 53.0 cm³/mol. The average Bonchev–Trinajstić information content (AvgIpc) is 2.11. The van der Waals surface area contributed by atoms with Crippen molar-refractivity contribution in [2.75, 3.05) is 5.75 Å². The van der Waals surface area contributed by atoms with Crippen LogP contribution in [0.4, 0.5) is 13.2 Å². The minimum atomic E-state index is -5.69. The highest BCUT2D eigenvalue weighted by atomic mass is 32.3. The molecule has 16 heavy (non-hydrogen) atoms. The Morgan fingerprint density at radius 2 is 1.69 bits per heavy atom. The second kappa shape index (κ2) is 4.74. The van der Waals surface area contributed by atoms with E-state index < -0.39 is 35.5 Å². The molecule has 0 amide bonds. The van der Waals surface area contributed by atoms with Gasteiger partial charge in [-0.25, -0.2) is 16.8 Å². The van der Waals surface area contributed by atoms with E-state index in [2.05, 4.69) is 6.58 Å². The average molecular weight is 280 g/mol. The number of rotatable bonds is 5. The van der Waals surface area contributed by atoms with Gasteiger partial charge in [0.05, 0.1) is 5.75 Å². The van der Waals surface area contributed by atoms with Crippen molar-refractivity contribution in [2.45, 2.75) is 23.4 Å². The molecule has 9 heteroatoms. The van der Waals surface area contributed by atoms with Gasteiger partial charge in [0.15, 0.2) is 14.4 Å². The fraction of sp³-hybridized carbons (Fsp3) is 0.714. The van der Waals surface area contributed by atoms with E-state index in [1.807, 2.05) is 0 Å². The van der Waals surface area contributed by atoms with Crippen LogP contribution in [-0.4, -0.2) is 32.7 Å². The van der Waals surface area contributed by atoms with Gasteiger partial charge in [-0.1, -0.05) is 6.08 Å². The summed E-state index contributed by atoms with van der Waals surface area (Å²) in [4.78, 5) is 0. The molecule has 0 heterocycles. The largest absolute Gasteiger partial charge is 0.498 e. The third kappa shape index (κ3) is 3.21. The maximum absolute atomic E-state index is 12.1. The van der Waals surface area contributed by atoms with E-state index in [0.29, 0.717) is 6.92 Å². The summed E-state index contributed by atoms with van der Waals surface area (Å²) in [5, 5.41) is 0. The molecule has 0 radical (unpaired) electrons. The summed E-state index contributed by atoms with van der Waals surface area (Å²) in [5.41, 5.74) is -5.56. The molecule has 4 nitrogen and oxygen atoms in total. The first-order valence-corrected chi connectivity index (χ1v) is 7.35. The summed E-state index contributed by atoms with van der Waals surface area (Å²) in [6, 6.07) is 0. The van der Waals surface area contributed by atoms with Gasteiger partial charge in [0.1, 0.15) is 0 Å². The Hall–Kier alpha value is -0.570. The second-order valence-corrected chi connectivity index (χ2v) is 8.00. The van der Waals surface area contributed by atoms with Gasteiger partial charge in [-0.2, -0.15) is 13.2 Å². The topological polar surface area (TPSA) is 68.3 Å². The summed E-state index contributed by atoms with van der Waals surface area (Å²) in [6.07, 6.45) is 1.09. The Kier molecular flexibility index (Phi) is 4.57. The van der Waals surface area contributed by atoms with Crippen LogP contribution in [0.1, 0.15) is 13.3 Å². The van der Waals surface area contributed by atoms with Crippen LogP contribution in [0.5, 0.6) is 0 Å². The molecule has 1 atom stereocenters. The van der Waals surface area contributed by atoms with Crippen LogP contribution in [0.3, 0.4) is 0 Å². The van der Waals surface area contributed by atoms with Gasteiger partial charge >= 0.3 is 5.51 Å². The molecule has 0 aliphatic rings. The standard InChI is InChI=1S/C7H11F3O4S2/c1-3-4-5-15(11,12)6(2)16(13,14)7(8,9)10/h3,6H,1,4-5H2,2H3. The van der Waals surface area contributed by atoms with Crippen LogP contribution in [0, 0.1) is 0 Å². The van der Waals surface area contributed by atoms with Crippen LogP contribution >= 0.6 is 0 Å². The molecule has 0 fully saturated rings. The number of halogens is 3. The first-order chi connectivity index (χ1) is 6.97. The lowest BCUT2D eigenvalue weighted by atomic mass is 10.5. The molecule has 0 saturated heterocycles. The number of hydrogen-bond acceptors (Lipinski definition) is 4. The molecular weight excluding hydrogens is 269 g/mol. The van der Waals surface area contributed by atoms with Crippen LogP contribution in [0.25, 0.3) is 0 Å². The molecule has 0 aliphatic heterocycles. The first kappa shape index (κ1) is 15.4. The molecule has 0 aromatic rings. The van der Waals surface area contributed by atoms with E-state index in [0.717, 1.165) is 0 Å². The third-order valence-electron chi connectivity index (χ3n) is 1.87. The van der Waals surface area contributed by atoms with Crippen molar-refractivity contribution in [3.8, 4) is 0 Å². The Labute approximate surface area is 92.0 Å². The maximum atomic E-state index is 12.1. The fourth-order valence-corrected chi connectivity index (χ4v) is 4.16. The van der Waals surface area contributed by atoms with E-state index >= 15 is 0 Å². The van der Waals surface area contributed by atoms with Gasteiger partial charge in [-0.05, 0) is 13.3 Å². The molecule has 0 aromatic carbocycles. The summed E-state index contributed by atoms with van der Waals surface area (Å²) in [6.45, 7) is 3.71. The summed E-state index contributed by atoms with van der Waals surface area (Å²) >= 11 is 0. The quantitative estimate of drug-likeness (QED) is 0.711. The lowest BCUT2D eigenvalue weighted by Gasteiger charge is -2.15. The van der Waals surface area contributed by atoms with Crippen LogP contribution in [0.2, 0.25) is 0 Å². The Balaban J connectivity index is 5.24. The lowest BCUT2D eigenvalue weighted by Crippen LogP contribution is -2.38. The molecule has 0 saturated carbocycles. The highest BCUT2D eigenvalue weighted by Crippen LogP contribution is 2.29. The summed E-state index contributed by atoms with van der Waals surface area (Å²) in [7, 11) is -10.0. The molecule has 0 spiro atoms. The van der Waals surface area contributed by atoms with Crippen molar-refractivity contribution < 1.29 is 30.0 Å². The Morgan fingerprint density at radius 3 is 2.00 bits per heavy atom. The zero-order valence-corrected chi connectivity index (χ0v) is 9.99. The molecule has 0 bridgehead atoms. The highest BCUT2D eigenvalue weighted by molar-refractivity contribution is 8.09. The van der Waals surface area contributed by atoms with E-state index in [-0.39, 0.29) is 6.42 Å². The molecule has 0 rings (SSSR count). The van der Waals surface area contributed by atoms with E-state index in [9.17, 15) is 30.0 Å². The summed E-state index contributed by atoms with van der Waals surface area (Å²) in [5.74, 6) is -0.674. The monoisotopic (exact) mass is 280 g/mol. The Morgan fingerprint density at radius 1 is 1.25 bits per heavy atom. The molecular formula is C7H11F3O4S2. The number of allylic oxidation sites excluding steroid dienone is 1. The lowest BCUT2D eigenvalue weighted by molar-refractivity contribution is -0.0437. The zero-order valence-electron chi connectivity index (χ0n) is 8.36. The van der Waals surface area contributed by atoms with Gasteiger partial charge in [0.2, 0.25) is 0 Å². The van der Waals surface area contributed by atoms with Gasteiger partial charge in [0.25, 0.3) is 9.84 Å². The van der Waals surface area contributed by atoms with Crippen molar-refractivity contribution in [3.05, 3.63) is 12.7 Å². The van der Waals surface area contributed by atoms with Crippen LogP contribution in [-0.2, 0) is 19.7 Å². The SMILES string of the molecule is C=CCCS(=O)(=O)C(C)S(=O)(=O)C(F)(F)F. The fourth-order valence-electron chi connectivity index (χ4n) is 0.795. The maximum Gasteiger partial charge on any atom is 0.498 e. The van der Waals surface area contributed by atoms with Crippen molar-refractivity contribution >= 4 is 19.7 Å². The van der Waals surface area contributed by atoms with Crippen LogP contribution in [0.15, 0.2) is 12.7 Å². The minimum Gasteiger partial charge on any atom is -0.227 e. The second-order valence-electron chi connectivity index (χ2n) is 3.00. The number of alkyl halides is 3. The normalized spacial score (nSPS) is 15.8. The van der Waals surface area contributed by atoms with E-state index in [1.165, 1.54) is 6.08 Å². The zero-order chi connectivity index (χ0) is 13.2. The van der Waals surface area contributed by atoms with Crippen molar-refractivity contribution in [2.24, 2.45) is 0 Å². The van der Waals surface area contributed by atoms with Gasteiger partial charge in [-0.3, -0.25) is 0 Å². The summed E-state index contributed by atoms with van der Waals surface area (Å²) < 4.78 is 77.9. The van der Waals surface area contributed by atoms with Gasteiger partial charge in [0, 0.05) is 0 Å². The number of hydrogen-bond donors (Lipinski definition) is 0. The molecule has 96 valence electrons. The Bertz CT molecular complexity index is 447. The molecule has 0 aromatic heterocycles. The van der Waals surface area contributed by atoms with Crippen LogP contribution < -0.4 is 0 Å². The van der Waals surface area contributed by atoms with Crippen molar-refractivity contribution in [1.82, 2.24) is 0 Å². The van der Waals surface area contributed by atoms with Gasteiger partial charge in [-0.15, -0.1) is 6.58 Å². The molecule has 1 unspecified atom stereocenters. The molecule has 0 N–H and O–H groups in total. The van der Waals surface area contributed by atoms with Crippen molar-refractivity contribution in [3.63, 3.8) is 0 Å². The first-order valence-electron chi connectivity index (χ1n) is 4.09. The highest BCUT2D eigenvalue weighted by Gasteiger charge is 2.53. The molecule has 0 aliphatic carbocycles. The van der Waals surface area contributed by atoms with Gasteiger partial charge < -0.3 is 0 Å².